The Morgan fingerprint density at radius 2 is 2.27 bits per heavy atom. The molecule has 3 nitrogen and oxygen atoms in total. The Balaban J connectivity index is 2.48. The van der Waals surface area contributed by atoms with Gasteiger partial charge in [0.25, 0.3) is 0 Å². The van der Waals surface area contributed by atoms with E-state index < -0.39 is 18.9 Å². The summed E-state index contributed by atoms with van der Waals surface area (Å²) in [5, 5.41) is 2.24. The summed E-state index contributed by atoms with van der Waals surface area (Å²) in [4.78, 5) is 12.1. The van der Waals surface area contributed by atoms with Gasteiger partial charge in [0.1, 0.15) is 5.00 Å². The number of hydrogen-bond acceptors (Lipinski definition) is 3. The highest BCUT2D eigenvalue weighted by Crippen LogP contribution is 2.21. The van der Waals surface area contributed by atoms with Crippen LogP contribution < -0.4 is 4.90 Å². The van der Waals surface area contributed by atoms with Gasteiger partial charge in [-0.15, -0.1) is 11.3 Å². The molecule has 0 spiro atoms. The van der Waals surface area contributed by atoms with Crippen molar-refractivity contribution in [1.29, 1.82) is 0 Å². The third-order valence-corrected chi connectivity index (χ3v) is 2.41. The lowest BCUT2D eigenvalue weighted by atomic mass is 10.6. The number of nitrogens with zero attached hydrogens (tertiary/aromatic N) is 1. The maximum atomic E-state index is 11.7. The topological polar surface area (TPSA) is 29.5 Å². The highest BCUT2D eigenvalue weighted by Gasteiger charge is 2.30. The Bertz CT molecular complexity index is 323. The molecule has 0 aliphatic heterocycles. The van der Waals surface area contributed by atoms with E-state index >= 15 is 0 Å². The lowest BCUT2D eigenvalue weighted by molar-refractivity contribution is -0.159. The Labute approximate surface area is 88.1 Å². The number of alkyl halides is 3. The van der Waals surface area contributed by atoms with Gasteiger partial charge in [-0.2, -0.15) is 13.2 Å². The normalized spacial score (nSPS) is 11.2. The molecule has 84 valence electrons. The standard InChI is InChI=1S/C8H8F3NO2S/c1-12(6-3-2-4-15-6)7(13)14-5-8(9,10)11/h2-4H,5H2,1H3. The number of rotatable bonds is 2. The van der Waals surface area contributed by atoms with Crippen LogP contribution in [0.4, 0.5) is 23.0 Å². The highest BCUT2D eigenvalue weighted by molar-refractivity contribution is 7.14. The van der Waals surface area contributed by atoms with Gasteiger partial charge in [0, 0.05) is 7.05 Å². The fourth-order valence-corrected chi connectivity index (χ4v) is 1.48. The van der Waals surface area contributed by atoms with Crippen molar-refractivity contribution in [3.63, 3.8) is 0 Å². The summed E-state index contributed by atoms with van der Waals surface area (Å²) in [7, 11) is 1.35. The Kier molecular flexibility index (Phi) is 3.57. The molecule has 0 aliphatic rings. The smallest absolute Gasteiger partial charge is 0.422 e. The van der Waals surface area contributed by atoms with E-state index in [1.54, 1.807) is 17.5 Å². The molecule has 1 amide bonds. The molecule has 1 heterocycles. The summed E-state index contributed by atoms with van der Waals surface area (Å²) in [5.41, 5.74) is 0. The molecule has 1 rings (SSSR count). The Morgan fingerprint density at radius 1 is 1.60 bits per heavy atom. The third-order valence-electron chi connectivity index (χ3n) is 1.47. The molecule has 0 bridgehead atoms. The molecule has 0 saturated heterocycles. The largest absolute Gasteiger partial charge is 0.439 e. The van der Waals surface area contributed by atoms with E-state index in [0.29, 0.717) is 5.00 Å². The van der Waals surface area contributed by atoms with Gasteiger partial charge < -0.3 is 4.74 Å². The quantitative estimate of drug-likeness (QED) is 0.794. The minimum atomic E-state index is -4.49. The van der Waals surface area contributed by atoms with Crippen molar-refractivity contribution in [2.75, 3.05) is 18.6 Å². The molecule has 15 heavy (non-hydrogen) atoms. The van der Waals surface area contributed by atoms with Crippen molar-refractivity contribution in [3.8, 4) is 0 Å². The first-order valence-corrected chi connectivity index (χ1v) is 4.79. The number of carbonyl (C=O) groups excluding carboxylic acids is 1. The van der Waals surface area contributed by atoms with E-state index in [2.05, 4.69) is 4.74 Å². The first-order valence-electron chi connectivity index (χ1n) is 3.91. The van der Waals surface area contributed by atoms with E-state index in [-0.39, 0.29) is 0 Å². The molecule has 0 aromatic carbocycles. The van der Waals surface area contributed by atoms with Crippen LogP contribution in [-0.4, -0.2) is 25.9 Å². The molecule has 1 aromatic heterocycles. The summed E-state index contributed by atoms with van der Waals surface area (Å²) in [6, 6.07) is 3.30. The molecular weight excluding hydrogens is 231 g/mol. The van der Waals surface area contributed by atoms with Gasteiger partial charge in [-0.1, -0.05) is 0 Å². The van der Waals surface area contributed by atoms with Crippen molar-refractivity contribution in [2.24, 2.45) is 0 Å². The number of thiophene rings is 1. The number of amides is 1. The van der Waals surface area contributed by atoms with Crippen LogP contribution in [0.15, 0.2) is 17.5 Å². The molecule has 0 saturated carbocycles. The second kappa shape index (κ2) is 4.52. The lowest BCUT2D eigenvalue weighted by Crippen LogP contribution is -2.30. The predicted molar refractivity (Wildman–Crippen MR) is 50.1 cm³/mol. The van der Waals surface area contributed by atoms with Crippen LogP contribution in [0.3, 0.4) is 0 Å². The molecule has 1 aromatic rings. The Morgan fingerprint density at radius 3 is 2.73 bits per heavy atom. The predicted octanol–water partition coefficient (Wildman–Crippen LogP) is 2.88. The van der Waals surface area contributed by atoms with Gasteiger partial charge in [0.05, 0.1) is 0 Å². The molecule has 0 radical (unpaired) electrons. The van der Waals surface area contributed by atoms with Crippen molar-refractivity contribution < 1.29 is 22.7 Å². The fourth-order valence-electron chi connectivity index (χ4n) is 0.791. The summed E-state index contributed by atoms with van der Waals surface area (Å²) < 4.78 is 39.2. The van der Waals surface area contributed by atoms with Crippen LogP contribution in [0, 0.1) is 0 Å². The average molecular weight is 239 g/mol. The Hall–Kier alpha value is -1.24. The van der Waals surface area contributed by atoms with E-state index in [4.69, 9.17) is 0 Å². The molecule has 0 atom stereocenters. The molecule has 0 fully saturated rings. The van der Waals surface area contributed by atoms with Crippen LogP contribution in [0.5, 0.6) is 0 Å². The van der Waals surface area contributed by atoms with Crippen molar-refractivity contribution in [3.05, 3.63) is 17.5 Å². The van der Waals surface area contributed by atoms with Gasteiger partial charge in [0.15, 0.2) is 6.61 Å². The fraction of sp³-hybridized carbons (Fsp3) is 0.375. The molecule has 0 unspecified atom stereocenters. The SMILES string of the molecule is CN(C(=O)OCC(F)(F)F)c1cccs1. The summed E-state index contributed by atoms with van der Waals surface area (Å²) >= 11 is 1.24. The first-order chi connectivity index (χ1) is 6.90. The maximum Gasteiger partial charge on any atom is 0.422 e. The van der Waals surface area contributed by atoms with Crippen LogP contribution in [0.1, 0.15) is 0 Å². The van der Waals surface area contributed by atoms with E-state index in [1.165, 1.54) is 18.4 Å². The number of hydrogen-bond donors (Lipinski definition) is 0. The monoisotopic (exact) mass is 239 g/mol. The average Bonchev–Trinajstić information content (AvgIpc) is 2.64. The summed E-state index contributed by atoms with van der Waals surface area (Å²) in [6.07, 6.45) is -5.51. The zero-order valence-electron chi connectivity index (χ0n) is 7.75. The van der Waals surface area contributed by atoms with Crippen LogP contribution >= 0.6 is 11.3 Å². The molecule has 0 N–H and O–H groups in total. The lowest BCUT2D eigenvalue weighted by Gasteiger charge is -2.15. The first kappa shape index (κ1) is 11.8. The van der Waals surface area contributed by atoms with Crippen molar-refractivity contribution in [2.45, 2.75) is 6.18 Å². The summed E-state index contributed by atoms with van der Waals surface area (Å²) in [6.45, 7) is -1.57. The molecule has 7 heteroatoms. The van der Waals surface area contributed by atoms with Crippen LogP contribution in [-0.2, 0) is 4.74 Å². The van der Waals surface area contributed by atoms with Crippen molar-refractivity contribution >= 4 is 22.4 Å². The van der Waals surface area contributed by atoms with E-state index in [1.807, 2.05) is 0 Å². The van der Waals surface area contributed by atoms with Gasteiger partial charge in [0.2, 0.25) is 0 Å². The van der Waals surface area contributed by atoms with Gasteiger partial charge in [-0.25, -0.2) is 4.79 Å². The number of carbonyl (C=O) groups is 1. The maximum absolute atomic E-state index is 11.7. The van der Waals surface area contributed by atoms with E-state index in [9.17, 15) is 18.0 Å². The minimum absolute atomic E-state index is 0.530. The second-order valence-corrected chi connectivity index (χ2v) is 3.61. The van der Waals surface area contributed by atoms with Crippen LogP contribution in [0.2, 0.25) is 0 Å². The van der Waals surface area contributed by atoms with Crippen LogP contribution in [0.25, 0.3) is 0 Å². The molecule has 0 aliphatic carbocycles. The second-order valence-electron chi connectivity index (χ2n) is 2.68. The zero-order chi connectivity index (χ0) is 11.5. The number of anilines is 1. The van der Waals surface area contributed by atoms with E-state index in [0.717, 1.165) is 4.90 Å². The summed E-state index contributed by atoms with van der Waals surface area (Å²) in [5.74, 6) is 0. The van der Waals surface area contributed by atoms with Crippen molar-refractivity contribution in [1.82, 2.24) is 0 Å². The zero-order valence-corrected chi connectivity index (χ0v) is 8.56. The molecular formula is C8H8F3NO2S. The van der Waals surface area contributed by atoms with Gasteiger partial charge >= 0.3 is 12.3 Å². The minimum Gasteiger partial charge on any atom is -0.439 e. The number of ether oxygens (including phenoxy) is 1. The third kappa shape index (κ3) is 3.78. The van der Waals surface area contributed by atoms with Gasteiger partial charge in [-0.05, 0) is 17.5 Å². The number of halogens is 3. The highest BCUT2D eigenvalue weighted by atomic mass is 32.1. The van der Waals surface area contributed by atoms with Gasteiger partial charge in [-0.3, -0.25) is 4.90 Å².